The second kappa shape index (κ2) is 6.50. The standard InChI is InChI=1S/C14H16ClNO3S/c1-9(14(18)19)10-6-16(7-10)13(17)8-20-12-4-2-11(15)3-5-12/h2-5,9-10H,6-8H2,1H3,(H,18,19). The Kier molecular flexibility index (Phi) is 4.94. The number of nitrogens with zero attached hydrogens (tertiary/aromatic N) is 1. The van der Waals surface area contributed by atoms with Gasteiger partial charge in [0.1, 0.15) is 0 Å². The number of amides is 1. The Labute approximate surface area is 127 Å². The summed E-state index contributed by atoms with van der Waals surface area (Å²) in [4.78, 5) is 25.5. The minimum absolute atomic E-state index is 0.0544. The molecule has 1 amide bonds. The monoisotopic (exact) mass is 313 g/mol. The Bertz CT molecular complexity index is 500. The summed E-state index contributed by atoms with van der Waals surface area (Å²) in [5.41, 5.74) is 0. The van der Waals surface area contributed by atoms with Gasteiger partial charge < -0.3 is 10.0 Å². The first kappa shape index (κ1) is 15.2. The number of aliphatic carboxylic acids is 1. The van der Waals surface area contributed by atoms with Crippen LogP contribution in [0.3, 0.4) is 0 Å². The summed E-state index contributed by atoms with van der Waals surface area (Å²) < 4.78 is 0. The van der Waals surface area contributed by atoms with Gasteiger partial charge >= 0.3 is 5.97 Å². The molecule has 0 aromatic heterocycles. The molecule has 1 aromatic rings. The van der Waals surface area contributed by atoms with Crippen molar-refractivity contribution in [2.45, 2.75) is 11.8 Å². The lowest BCUT2D eigenvalue weighted by Gasteiger charge is -2.41. The van der Waals surface area contributed by atoms with Gasteiger partial charge in [0.05, 0.1) is 11.7 Å². The number of carboxylic acids is 1. The van der Waals surface area contributed by atoms with E-state index >= 15 is 0 Å². The summed E-state index contributed by atoms with van der Waals surface area (Å²) in [7, 11) is 0. The second-order valence-electron chi connectivity index (χ2n) is 4.93. The maximum absolute atomic E-state index is 11.9. The Balaban J connectivity index is 1.75. The number of carboxylic acid groups (broad SMARTS) is 1. The van der Waals surface area contributed by atoms with Crippen LogP contribution in [-0.2, 0) is 9.59 Å². The van der Waals surface area contributed by atoms with Crippen molar-refractivity contribution in [1.82, 2.24) is 4.90 Å². The number of likely N-dealkylation sites (tertiary alicyclic amines) is 1. The number of rotatable bonds is 5. The number of carbonyl (C=O) groups excluding carboxylic acids is 1. The quantitative estimate of drug-likeness (QED) is 0.849. The molecule has 0 aliphatic carbocycles. The molecule has 1 heterocycles. The minimum atomic E-state index is -0.794. The molecule has 4 nitrogen and oxygen atoms in total. The Morgan fingerprint density at radius 3 is 2.55 bits per heavy atom. The topological polar surface area (TPSA) is 57.6 Å². The summed E-state index contributed by atoms with van der Waals surface area (Å²) in [6.07, 6.45) is 0. The summed E-state index contributed by atoms with van der Waals surface area (Å²) in [5.74, 6) is -0.674. The van der Waals surface area contributed by atoms with E-state index in [1.165, 1.54) is 11.8 Å². The average molecular weight is 314 g/mol. The van der Waals surface area contributed by atoms with E-state index in [-0.39, 0.29) is 17.7 Å². The Hall–Kier alpha value is -1.20. The predicted molar refractivity (Wildman–Crippen MR) is 79.0 cm³/mol. The van der Waals surface area contributed by atoms with Gasteiger partial charge in [-0.25, -0.2) is 0 Å². The van der Waals surface area contributed by atoms with Crippen LogP contribution in [0.15, 0.2) is 29.2 Å². The van der Waals surface area contributed by atoms with E-state index in [2.05, 4.69) is 0 Å². The van der Waals surface area contributed by atoms with Gasteiger partial charge in [0.2, 0.25) is 5.91 Å². The van der Waals surface area contributed by atoms with E-state index in [9.17, 15) is 9.59 Å². The van der Waals surface area contributed by atoms with Gasteiger partial charge in [-0.3, -0.25) is 9.59 Å². The zero-order valence-corrected chi connectivity index (χ0v) is 12.7. The smallest absolute Gasteiger partial charge is 0.306 e. The van der Waals surface area contributed by atoms with Crippen LogP contribution in [0, 0.1) is 11.8 Å². The molecule has 108 valence electrons. The first-order valence-corrected chi connectivity index (χ1v) is 7.72. The molecule has 1 aliphatic rings. The van der Waals surface area contributed by atoms with Crippen molar-refractivity contribution in [2.24, 2.45) is 11.8 Å². The van der Waals surface area contributed by atoms with Crippen LogP contribution in [0.25, 0.3) is 0 Å². The van der Waals surface area contributed by atoms with E-state index in [1.807, 2.05) is 12.1 Å². The normalized spacial score (nSPS) is 16.6. The van der Waals surface area contributed by atoms with Gasteiger partial charge in [-0.1, -0.05) is 18.5 Å². The van der Waals surface area contributed by atoms with Gasteiger partial charge in [-0.15, -0.1) is 11.8 Å². The van der Waals surface area contributed by atoms with Crippen molar-refractivity contribution >= 4 is 35.2 Å². The highest BCUT2D eigenvalue weighted by Gasteiger charge is 2.36. The molecule has 1 N–H and O–H groups in total. The third-order valence-corrected chi connectivity index (χ3v) is 4.78. The Morgan fingerprint density at radius 2 is 2.00 bits per heavy atom. The van der Waals surface area contributed by atoms with Crippen LogP contribution < -0.4 is 0 Å². The van der Waals surface area contributed by atoms with Crippen molar-refractivity contribution < 1.29 is 14.7 Å². The highest BCUT2D eigenvalue weighted by atomic mass is 35.5. The SMILES string of the molecule is CC(C(=O)O)C1CN(C(=O)CSc2ccc(Cl)cc2)C1. The molecule has 6 heteroatoms. The zero-order chi connectivity index (χ0) is 14.7. The summed E-state index contributed by atoms with van der Waals surface area (Å²) in [6, 6.07) is 7.35. The molecule has 1 unspecified atom stereocenters. The number of benzene rings is 1. The highest BCUT2D eigenvalue weighted by Crippen LogP contribution is 2.26. The van der Waals surface area contributed by atoms with Crippen molar-refractivity contribution in [3.05, 3.63) is 29.3 Å². The van der Waals surface area contributed by atoms with E-state index in [0.717, 1.165) is 4.90 Å². The zero-order valence-electron chi connectivity index (χ0n) is 11.1. The van der Waals surface area contributed by atoms with Crippen molar-refractivity contribution in [3.8, 4) is 0 Å². The molecule has 0 spiro atoms. The van der Waals surface area contributed by atoms with Gasteiger partial charge in [-0.05, 0) is 24.3 Å². The van der Waals surface area contributed by atoms with E-state index < -0.39 is 5.97 Å². The lowest BCUT2D eigenvalue weighted by molar-refractivity contribution is -0.149. The molecule has 2 rings (SSSR count). The van der Waals surface area contributed by atoms with Gasteiger partial charge in [0, 0.05) is 28.9 Å². The summed E-state index contributed by atoms with van der Waals surface area (Å²) in [5, 5.41) is 9.57. The van der Waals surface area contributed by atoms with Crippen LogP contribution in [0.5, 0.6) is 0 Å². The fourth-order valence-electron chi connectivity index (χ4n) is 2.00. The van der Waals surface area contributed by atoms with Crippen molar-refractivity contribution in [3.63, 3.8) is 0 Å². The first-order chi connectivity index (χ1) is 9.47. The maximum atomic E-state index is 11.9. The fraction of sp³-hybridized carbons (Fsp3) is 0.429. The number of halogens is 1. The summed E-state index contributed by atoms with van der Waals surface area (Å²) in [6.45, 7) is 2.79. The molecular formula is C14H16ClNO3S. The highest BCUT2D eigenvalue weighted by molar-refractivity contribution is 8.00. The molecule has 1 fully saturated rings. The van der Waals surface area contributed by atoms with Crippen LogP contribution >= 0.6 is 23.4 Å². The van der Waals surface area contributed by atoms with Crippen LogP contribution in [0.1, 0.15) is 6.92 Å². The van der Waals surface area contributed by atoms with Crippen molar-refractivity contribution in [2.75, 3.05) is 18.8 Å². The van der Waals surface area contributed by atoms with Crippen molar-refractivity contribution in [1.29, 1.82) is 0 Å². The van der Waals surface area contributed by atoms with Gasteiger partial charge in [0.15, 0.2) is 0 Å². The third-order valence-electron chi connectivity index (χ3n) is 3.54. The average Bonchev–Trinajstić information content (AvgIpc) is 2.36. The molecule has 0 radical (unpaired) electrons. The van der Waals surface area contributed by atoms with E-state index in [4.69, 9.17) is 16.7 Å². The number of hydrogen-bond acceptors (Lipinski definition) is 3. The second-order valence-corrected chi connectivity index (χ2v) is 6.41. The van der Waals surface area contributed by atoms with E-state index in [0.29, 0.717) is 23.9 Å². The maximum Gasteiger partial charge on any atom is 0.306 e. The largest absolute Gasteiger partial charge is 0.481 e. The molecule has 0 saturated carbocycles. The lowest BCUT2D eigenvalue weighted by atomic mass is 9.87. The Morgan fingerprint density at radius 1 is 1.40 bits per heavy atom. The number of thioether (sulfide) groups is 1. The minimum Gasteiger partial charge on any atom is -0.481 e. The predicted octanol–water partition coefficient (Wildman–Crippen LogP) is 2.61. The third kappa shape index (κ3) is 3.67. The van der Waals surface area contributed by atoms with E-state index in [1.54, 1.807) is 24.0 Å². The first-order valence-electron chi connectivity index (χ1n) is 6.36. The van der Waals surface area contributed by atoms with Crippen LogP contribution in [-0.4, -0.2) is 40.7 Å². The van der Waals surface area contributed by atoms with Gasteiger partial charge in [-0.2, -0.15) is 0 Å². The molecular weight excluding hydrogens is 298 g/mol. The summed E-state index contributed by atoms with van der Waals surface area (Å²) >= 11 is 7.26. The number of hydrogen-bond donors (Lipinski definition) is 1. The van der Waals surface area contributed by atoms with Crippen LogP contribution in [0.2, 0.25) is 5.02 Å². The molecule has 1 aromatic carbocycles. The molecule has 1 saturated heterocycles. The molecule has 20 heavy (non-hydrogen) atoms. The molecule has 1 atom stereocenters. The van der Waals surface area contributed by atoms with Crippen LogP contribution in [0.4, 0.5) is 0 Å². The lowest BCUT2D eigenvalue weighted by Crippen LogP contribution is -2.54. The molecule has 1 aliphatic heterocycles. The molecule has 0 bridgehead atoms. The fourth-order valence-corrected chi connectivity index (χ4v) is 2.93. The number of carbonyl (C=O) groups is 2. The van der Waals surface area contributed by atoms with Gasteiger partial charge in [0.25, 0.3) is 0 Å².